The van der Waals surface area contributed by atoms with E-state index in [4.69, 9.17) is 11.6 Å². The number of alkyl halides is 1. The van der Waals surface area contributed by atoms with E-state index in [1.54, 1.807) is 12.2 Å². The third-order valence-electron chi connectivity index (χ3n) is 1.38. The van der Waals surface area contributed by atoms with Crippen LogP contribution in [-0.2, 0) is 4.79 Å². The van der Waals surface area contributed by atoms with Gasteiger partial charge in [-0.15, -0.1) is 24.2 Å². The molecular weight excluding hydrogens is 168 g/mol. The van der Waals surface area contributed by atoms with E-state index in [0.29, 0.717) is 6.42 Å². The molecule has 10 heavy (non-hydrogen) atoms. The second-order valence-corrected chi connectivity index (χ2v) is 3.24. The van der Waals surface area contributed by atoms with Crippen molar-refractivity contribution in [2.45, 2.75) is 11.3 Å². The first-order chi connectivity index (χ1) is 4.65. The van der Waals surface area contributed by atoms with E-state index in [1.807, 2.05) is 12.2 Å². The first-order valence-corrected chi connectivity index (χ1v) is 3.74. The van der Waals surface area contributed by atoms with Crippen LogP contribution in [0.25, 0.3) is 0 Å². The summed E-state index contributed by atoms with van der Waals surface area (Å²) in [5.74, 6) is 0. The molecule has 1 unspecified atom stereocenters. The van der Waals surface area contributed by atoms with E-state index in [9.17, 15) is 4.79 Å². The number of halogens is 1. The molecular formula is C7H7ClOS. The normalized spacial score (nSPS) is 30.6. The van der Waals surface area contributed by atoms with Gasteiger partial charge in [0.15, 0.2) is 0 Å². The summed E-state index contributed by atoms with van der Waals surface area (Å²) in [6, 6.07) is 0. The van der Waals surface area contributed by atoms with Crippen molar-refractivity contribution in [2.75, 3.05) is 0 Å². The molecule has 0 saturated heterocycles. The molecule has 0 aliphatic heterocycles. The van der Waals surface area contributed by atoms with Gasteiger partial charge in [-0.25, -0.2) is 0 Å². The quantitative estimate of drug-likeness (QED) is 0.475. The summed E-state index contributed by atoms with van der Waals surface area (Å²) in [6.07, 6.45) is 7.65. The van der Waals surface area contributed by atoms with Crippen molar-refractivity contribution in [2.24, 2.45) is 0 Å². The fraction of sp³-hybridized carbons (Fsp3) is 0.286. The van der Waals surface area contributed by atoms with Crippen LogP contribution in [0, 0.1) is 0 Å². The first kappa shape index (κ1) is 7.89. The summed E-state index contributed by atoms with van der Waals surface area (Å²) < 4.78 is 0. The maximum atomic E-state index is 10.8. The maximum absolute atomic E-state index is 10.8. The number of hydrogen-bond acceptors (Lipinski definition) is 1. The van der Waals surface area contributed by atoms with E-state index in [-0.39, 0.29) is 5.12 Å². The number of carbonyl (C=O) groups excluding carboxylic acids is 1. The topological polar surface area (TPSA) is 17.1 Å². The Morgan fingerprint density at radius 1 is 1.60 bits per heavy atom. The molecule has 0 spiro atoms. The summed E-state index contributed by atoms with van der Waals surface area (Å²) in [4.78, 5) is 9.88. The molecule has 0 aromatic rings. The van der Waals surface area contributed by atoms with Gasteiger partial charge in [0.2, 0.25) is 5.12 Å². The summed E-state index contributed by atoms with van der Waals surface area (Å²) in [5, 5.41) is -0.297. The highest BCUT2D eigenvalue weighted by atomic mass is 35.5. The minimum Gasteiger partial charge on any atom is -0.285 e. The molecule has 1 nitrogen and oxygen atoms in total. The van der Waals surface area contributed by atoms with Gasteiger partial charge >= 0.3 is 0 Å². The fourth-order valence-electron chi connectivity index (χ4n) is 0.753. The molecule has 0 aromatic carbocycles. The lowest BCUT2D eigenvalue weighted by atomic mass is 10.0. The monoisotopic (exact) mass is 174 g/mol. The van der Waals surface area contributed by atoms with Crippen LogP contribution in [0.3, 0.4) is 0 Å². The lowest BCUT2D eigenvalue weighted by Crippen LogP contribution is -2.26. The van der Waals surface area contributed by atoms with Crippen LogP contribution in [0.2, 0.25) is 0 Å². The molecule has 1 atom stereocenters. The molecule has 1 aliphatic rings. The van der Waals surface area contributed by atoms with Crippen molar-refractivity contribution in [1.29, 1.82) is 0 Å². The molecule has 0 N–H and O–H groups in total. The first-order valence-electron chi connectivity index (χ1n) is 2.92. The van der Waals surface area contributed by atoms with Crippen molar-refractivity contribution >= 4 is 29.3 Å². The third-order valence-corrected chi connectivity index (χ3v) is 2.36. The van der Waals surface area contributed by atoms with Crippen molar-refractivity contribution in [3.63, 3.8) is 0 Å². The molecule has 0 aromatic heterocycles. The Bertz CT molecular complexity index is 210. The van der Waals surface area contributed by atoms with Gasteiger partial charge in [-0.3, -0.25) is 4.79 Å². The Kier molecular flexibility index (Phi) is 2.21. The maximum Gasteiger partial charge on any atom is 0.211 e. The van der Waals surface area contributed by atoms with Gasteiger partial charge in [0.25, 0.3) is 0 Å². The minimum absolute atomic E-state index is 0.297. The summed E-state index contributed by atoms with van der Waals surface area (Å²) in [6.45, 7) is 0. The average molecular weight is 175 g/mol. The van der Waals surface area contributed by atoms with Crippen LogP contribution in [0.15, 0.2) is 24.3 Å². The van der Waals surface area contributed by atoms with Crippen LogP contribution >= 0.6 is 24.2 Å². The molecule has 1 aliphatic carbocycles. The van der Waals surface area contributed by atoms with Gasteiger partial charge in [-0.1, -0.05) is 24.3 Å². The number of allylic oxidation sites excluding steroid dienone is 4. The van der Waals surface area contributed by atoms with Crippen molar-refractivity contribution in [3.8, 4) is 0 Å². The molecule has 0 heterocycles. The molecule has 0 radical (unpaired) electrons. The molecule has 3 heteroatoms. The molecule has 54 valence electrons. The molecule has 0 saturated carbocycles. The molecule has 0 amide bonds. The molecule has 0 fully saturated rings. The van der Waals surface area contributed by atoms with E-state index in [0.717, 1.165) is 0 Å². The number of carbonyl (C=O) groups is 1. The smallest absolute Gasteiger partial charge is 0.211 e. The van der Waals surface area contributed by atoms with Gasteiger partial charge in [-0.2, -0.15) is 0 Å². The number of hydrogen-bond donors (Lipinski definition) is 1. The van der Waals surface area contributed by atoms with Crippen LogP contribution < -0.4 is 0 Å². The van der Waals surface area contributed by atoms with E-state index >= 15 is 0 Å². The Labute approximate surface area is 70.2 Å². The minimum atomic E-state index is -0.891. The summed E-state index contributed by atoms with van der Waals surface area (Å²) in [5.41, 5.74) is 0. The van der Waals surface area contributed by atoms with Gasteiger partial charge in [0, 0.05) is 0 Å². The molecule has 0 bridgehead atoms. The van der Waals surface area contributed by atoms with E-state index in [1.165, 1.54) is 0 Å². The second kappa shape index (κ2) is 2.81. The van der Waals surface area contributed by atoms with Crippen molar-refractivity contribution < 1.29 is 4.79 Å². The average Bonchev–Trinajstić information content (AvgIpc) is 1.89. The lowest BCUT2D eigenvalue weighted by molar-refractivity contribution is -0.112. The third kappa shape index (κ3) is 1.44. The van der Waals surface area contributed by atoms with Crippen LogP contribution in [0.4, 0.5) is 0 Å². The fourth-order valence-corrected chi connectivity index (χ4v) is 1.08. The predicted molar refractivity (Wildman–Crippen MR) is 45.5 cm³/mol. The van der Waals surface area contributed by atoms with E-state index in [2.05, 4.69) is 12.6 Å². The van der Waals surface area contributed by atoms with Gasteiger partial charge in [-0.05, 0) is 6.42 Å². The van der Waals surface area contributed by atoms with Crippen LogP contribution in [0.1, 0.15) is 6.42 Å². The summed E-state index contributed by atoms with van der Waals surface area (Å²) in [7, 11) is 0. The number of thiol groups is 1. The number of rotatable bonds is 1. The van der Waals surface area contributed by atoms with E-state index < -0.39 is 4.87 Å². The van der Waals surface area contributed by atoms with Gasteiger partial charge in [0.1, 0.15) is 4.87 Å². The SMILES string of the molecule is O=C(S)C1(Cl)C=CC=CC1. The molecule has 1 rings (SSSR count). The predicted octanol–water partition coefficient (Wildman–Crippen LogP) is 1.94. The van der Waals surface area contributed by atoms with Crippen LogP contribution in [-0.4, -0.2) is 9.99 Å². The Morgan fingerprint density at radius 3 is 2.60 bits per heavy atom. The Balaban J connectivity index is 2.80. The highest BCUT2D eigenvalue weighted by Gasteiger charge is 2.29. The van der Waals surface area contributed by atoms with Gasteiger partial charge in [0.05, 0.1) is 0 Å². The highest BCUT2D eigenvalue weighted by Crippen LogP contribution is 2.27. The zero-order chi connectivity index (χ0) is 7.61. The Hall–Kier alpha value is -0.210. The lowest BCUT2D eigenvalue weighted by Gasteiger charge is -2.18. The van der Waals surface area contributed by atoms with Gasteiger partial charge < -0.3 is 0 Å². The summed E-state index contributed by atoms with van der Waals surface area (Å²) >= 11 is 9.52. The zero-order valence-electron chi connectivity index (χ0n) is 5.25. The Morgan fingerprint density at radius 2 is 2.30 bits per heavy atom. The second-order valence-electron chi connectivity index (χ2n) is 2.16. The standard InChI is InChI=1S/C7H7ClOS/c8-7(6(9)10)4-2-1-3-5-7/h1-4H,5H2,(H,9,10). The van der Waals surface area contributed by atoms with Crippen molar-refractivity contribution in [3.05, 3.63) is 24.3 Å². The van der Waals surface area contributed by atoms with Crippen molar-refractivity contribution in [1.82, 2.24) is 0 Å². The highest BCUT2D eigenvalue weighted by molar-refractivity contribution is 7.97. The largest absolute Gasteiger partial charge is 0.285 e. The zero-order valence-corrected chi connectivity index (χ0v) is 6.90. The van der Waals surface area contributed by atoms with Crippen LogP contribution in [0.5, 0.6) is 0 Å².